The topological polar surface area (TPSA) is 118 Å². The second kappa shape index (κ2) is 12.2. The van der Waals surface area contributed by atoms with Crippen molar-refractivity contribution in [2.45, 2.75) is 50.4 Å². The Morgan fingerprint density at radius 3 is 2.24 bits per heavy atom. The molecule has 1 aliphatic carbocycles. The standard InChI is InChI=1S/C37H38O8/c1-42-27-10-12-34-30(17-27)35(40)32(19-43-34)33-20-44-37-23(16-28(18-31(37)36(33)41)45-26-7-2-3-8-26)13-22-15-25(39)9-11-29(22)21-5-4-6-24(38)14-21/h4-6,9-12,14-18,26,32-33,35-36,38-41H,2-3,7-8,13,19-20H2,1H3. The molecule has 2 heterocycles. The number of hydrogen-bond acceptors (Lipinski definition) is 8. The van der Waals surface area contributed by atoms with E-state index in [0.29, 0.717) is 40.5 Å². The minimum atomic E-state index is -0.940. The Kier molecular flexibility index (Phi) is 7.94. The molecule has 4 N–H and O–H groups in total. The molecule has 7 rings (SSSR count). The zero-order valence-electron chi connectivity index (χ0n) is 25.2. The molecule has 0 spiro atoms. The number of phenols is 2. The van der Waals surface area contributed by atoms with Crippen LogP contribution >= 0.6 is 0 Å². The number of phenolic OH excluding ortho intramolecular Hbond substituents is 2. The highest BCUT2D eigenvalue weighted by molar-refractivity contribution is 5.70. The van der Waals surface area contributed by atoms with Gasteiger partial charge in [-0.15, -0.1) is 0 Å². The number of rotatable bonds is 7. The number of aromatic hydroxyl groups is 2. The van der Waals surface area contributed by atoms with E-state index in [4.69, 9.17) is 18.9 Å². The Labute approximate surface area is 262 Å². The lowest BCUT2D eigenvalue weighted by Gasteiger charge is -2.40. The summed E-state index contributed by atoms with van der Waals surface area (Å²) in [7, 11) is 1.58. The van der Waals surface area contributed by atoms with Crippen LogP contribution in [0.4, 0.5) is 0 Å². The van der Waals surface area contributed by atoms with Crippen molar-refractivity contribution in [3.63, 3.8) is 0 Å². The van der Waals surface area contributed by atoms with Gasteiger partial charge < -0.3 is 39.4 Å². The number of ether oxygens (including phenoxy) is 4. The van der Waals surface area contributed by atoms with Gasteiger partial charge >= 0.3 is 0 Å². The SMILES string of the molecule is COc1ccc2c(c1)C(O)C(C1COc3c(Cc4cc(O)ccc4-c4cccc(O)c4)cc(OC4CCCC4)cc3C1O)CO2. The molecule has 2 aliphatic heterocycles. The predicted octanol–water partition coefficient (Wildman–Crippen LogP) is 6.47. The maximum absolute atomic E-state index is 11.9. The van der Waals surface area contributed by atoms with Gasteiger partial charge in [0.25, 0.3) is 0 Å². The van der Waals surface area contributed by atoms with Crippen molar-refractivity contribution in [1.82, 2.24) is 0 Å². The van der Waals surface area contributed by atoms with E-state index in [9.17, 15) is 20.4 Å². The van der Waals surface area contributed by atoms with Crippen molar-refractivity contribution in [2.24, 2.45) is 11.8 Å². The molecule has 0 amide bonds. The lowest BCUT2D eigenvalue weighted by molar-refractivity contribution is -0.0554. The Balaban J connectivity index is 1.25. The van der Waals surface area contributed by atoms with Gasteiger partial charge in [0.15, 0.2) is 0 Å². The molecule has 8 heteroatoms. The van der Waals surface area contributed by atoms with Crippen LogP contribution < -0.4 is 18.9 Å². The molecule has 0 saturated heterocycles. The van der Waals surface area contributed by atoms with Crippen molar-refractivity contribution in [3.8, 4) is 45.6 Å². The van der Waals surface area contributed by atoms with Gasteiger partial charge in [-0.05, 0) is 97.0 Å². The lowest BCUT2D eigenvalue weighted by Crippen LogP contribution is -2.40. The number of hydrogen-bond donors (Lipinski definition) is 4. The van der Waals surface area contributed by atoms with Gasteiger partial charge in [0.1, 0.15) is 34.5 Å². The fourth-order valence-electron chi connectivity index (χ4n) is 7.10. The van der Waals surface area contributed by atoms with E-state index >= 15 is 0 Å². The molecule has 4 aromatic carbocycles. The van der Waals surface area contributed by atoms with Gasteiger partial charge in [-0.2, -0.15) is 0 Å². The summed E-state index contributed by atoms with van der Waals surface area (Å²) in [6.07, 6.45) is 2.90. The first-order valence-electron chi connectivity index (χ1n) is 15.6. The largest absolute Gasteiger partial charge is 0.508 e. The van der Waals surface area contributed by atoms with Gasteiger partial charge in [0.05, 0.1) is 38.6 Å². The summed E-state index contributed by atoms with van der Waals surface area (Å²) in [5.41, 5.74) is 4.58. The Morgan fingerprint density at radius 2 is 1.47 bits per heavy atom. The first-order chi connectivity index (χ1) is 21.9. The quantitative estimate of drug-likeness (QED) is 0.188. The zero-order valence-corrected chi connectivity index (χ0v) is 25.2. The fourth-order valence-corrected chi connectivity index (χ4v) is 7.10. The summed E-state index contributed by atoms with van der Waals surface area (Å²) in [6.45, 7) is 0.427. The Hall–Kier alpha value is -4.40. The third-order valence-corrected chi connectivity index (χ3v) is 9.47. The second-order valence-electron chi connectivity index (χ2n) is 12.3. The molecule has 3 aliphatic rings. The number of benzene rings is 4. The van der Waals surface area contributed by atoms with Gasteiger partial charge in [-0.3, -0.25) is 0 Å². The van der Waals surface area contributed by atoms with Crippen LogP contribution in [0, 0.1) is 11.8 Å². The van der Waals surface area contributed by atoms with Gasteiger partial charge in [-0.25, -0.2) is 0 Å². The molecule has 234 valence electrons. The third kappa shape index (κ3) is 5.76. The average Bonchev–Trinajstić information content (AvgIpc) is 3.55. The molecule has 4 aromatic rings. The number of fused-ring (bicyclic) bond motifs is 2. The van der Waals surface area contributed by atoms with Crippen molar-refractivity contribution in [3.05, 3.63) is 95.1 Å². The van der Waals surface area contributed by atoms with Crippen molar-refractivity contribution in [2.75, 3.05) is 20.3 Å². The summed E-state index contributed by atoms with van der Waals surface area (Å²) in [5.74, 6) is 1.90. The average molecular weight is 611 g/mol. The van der Waals surface area contributed by atoms with Gasteiger partial charge in [0.2, 0.25) is 0 Å². The minimum Gasteiger partial charge on any atom is -0.508 e. The number of aliphatic hydroxyl groups is 2. The first-order valence-corrected chi connectivity index (χ1v) is 15.6. The van der Waals surface area contributed by atoms with Gasteiger partial charge in [-0.1, -0.05) is 18.2 Å². The molecule has 4 atom stereocenters. The molecule has 0 radical (unpaired) electrons. The molecular formula is C37H38O8. The van der Waals surface area contributed by atoms with Crippen LogP contribution in [-0.2, 0) is 6.42 Å². The fraction of sp³-hybridized carbons (Fsp3) is 0.351. The monoisotopic (exact) mass is 610 g/mol. The van der Waals surface area contributed by atoms with E-state index < -0.39 is 24.0 Å². The molecule has 0 aromatic heterocycles. The number of methoxy groups -OCH3 is 1. The van der Waals surface area contributed by atoms with Crippen molar-refractivity contribution < 1.29 is 39.4 Å². The maximum Gasteiger partial charge on any atom is 0.128 e. The summed E-state index contributed by atoms with van der Waals surface area (Å²) < 4.78 is 24.3. The third-order valence-electron chi connectivity index (χ3n) is 9.47. The van der Waals surface area contributed by atoms with E-state index in [-0.39, 0.29) is 30.8 Å². The Morgan fingerprint density at radius 1 is 0.733 bits per heavy atom. The highest BCUT2D eigenvalue weighted by Gasteiger charge is 2.43. The highest BCUT2D eigenvalue weighted by Crippen LogP contribution is 2.49. The van der Waals surface area contributed by atoms with Crippen LogP contribution in [-0.4, -0.2) is 46.9 Å². The zero-order chi connectivity index (χ0) is 31.1. The molecule has 1 saturated carbocycles. The first kappa shape index (κ1) is 29.3. The van der Waals surface area contributed by atoms with E-state index in [1.54, 1.807) is 55.6 Å². The highest BCUT2D eigenvalue weighted by atomic mass is 16.5. The minimum absolute atomic E-state index is 0.108. The molecule has 1 fully saturated rings. The summed E-state index contributed by atoms with van der Waals surface area (Å²) >= 11 is 0. The lowest BCUT2D eigenvalue weighted by atomic mass is 9.77. The van der Waals surface area contributed by atoms with Crippen LogP contribution in [0.25, 0.3) is 11.1 Å². The van der Waals surface area contributed by atoms with E-state index in [0.717, 1.165) is 47.9 Å². The van der Waals surface area contributed by atoms with E-state index in [1.807, 2.05) is 24.3 Å². The van der Waals surface area contributed by atoms with Crippen LogP contribution in [0.2, 0.25) is 0 Å². The molecule has 0 bridgehead atoms. The normalized spacial score (nSPS) is 22.6. The van der Waals surface area contributed by atoms with Crippen molar-refractivity contribution in [1.29, 1.82) is 0 Å². The molecule has 8 nitrogen and oxygen atoms in total. The smallest absolute Gasteiger partial charge is 0.128 e. The summed E-state index contributed by atoms with van der Waals surface area (Å²) in [4.78, 5) is 0. The number of aliphatic hydroxyl groups excluding tert-OH is 2. The summed E-state index contributed by atoms with van der Waals surface area (Å²) in [5, 5.41) is 44.0. The van der Waals surface area contributed by atoms with E-state index in [2.05, 4.69) is 0 Å². The van der Waals surface area contributed by atoms with E-state index in [1.165, 1.54) is 0 Å². The maximum atomic E-state index is 11.9. The van der Waals surface area contributed by atoms with Crippen LogP contribution in [0.5, 0.6) is 34.5 Å². The van der Waals surface area contributed by atoms with Crippen LogP contribution in [0.3, 0.4) is 0 Å². The Bertz CT molecular complexity index is 1690. The van der Waals surface area contributed by atoms with Gasteiger partial charge in [0, 0.05) is 34.9 Å². The van der Waals surface area contributed by atoms with Crippen LogP contribution in [0.15, 0.2) is 72.8 Å². The molecular weight excluding hydrogens is 572 g/mol. The molecule has 4 unspecified atom stereocenters. The van der Waals surface area contributed by atoms with Crippen LogP contribution in [0.1, 0.15) is 60.1 Å². The summed E-state index contributed by atoms with van der Waals surface area (Å²) in [6, 6.07) is 21.4. The van der Waals surface area contributed by atoms with Crippen molar-refractivity contribution >= 4 is 0 Å². The predicted molar refractivity (Wildman–Crippen MR) is 168 cm³/mol. The molecule has 45 heavy (non-hydrogen) atoms. The second-order valence-corrected chi connectivity index (χ2v) is 12.3.